The van der Waals surface area contributed by atoms with Gasteiger partial charge < -0.3 is 19.5 Å². The predicted molar refractivity (Wildman–Crippen MR) is 124 cm³/mol. The quantitative estimate of drug-likeness (QED) is 0.271. The van der Waals surface area contributed by atoms with E-state index < -0.39 is 17.7 Å². The zero-order chi connectivity index (χ0) is 23.3. The number of rotatable bonds is 9. The number of benzene rings is 2. The van der Waals surface area contributed by atoms with Crippen LogP contribution in [0.1, 0.15) is 49.9 Å². The van der Waals surface area contributed by atoms with E-state index in [4.69, 9.17) is 9.47 Å². The fourth-order valence-corrected chi connectivity index (χ4v) is 3.93. The molecule has 0 aromatic heterocycles. The monoisotopic (exact) mass is 437 g/mol. The second-order valence-corrected chi connectivity index (χ2v) is 8.09. The van der Waals surface area contributed by atoms with Crippen LogP contribution in [0.2, 0.25) is 0 Å². The molecule has 0 aliphatic carbocycles. The lowest BCUT2D eigenvalue weighted by Crippen LogP contribution is -2.31. The lowest BCUT2D eigenvalue weighted by molar-refractivity contribution is -0.140. The van der Waals surface area contributed by atoms with Gasteiger partial charge in [0.1, 0.15) is 11.5 Å². The molecule has 0 radical (unpaired) electrons. The molecule has 1 fully saturated rings. The molecule has 32 heavy (non-hydrogen) atoms. The Bertz CT molecular complexity index is 994. The number of Topliss-reactive ketones (excluding diaryl/α,β-unsaturated/α-hetero) is 1. The second kappa shape index (κ2) is 10.5. The first-order valence-electron chi connectivity index (χ1n) is 11.0. The van der Waals surface area contributed by atoms with Gasteiger partial charge in [-0.25, -0.2) is 0 Å². The number of aliphatic hydroxyl groups is 1. The Balaban J connectivity index is 2.15. The molecule has 1 saturated heterocycles. The van der Waals surface area contributed by atoms with E-state index in [0.717, 1.165) is 12.0 Å². The van der Waals surface area contributed by atoms with Crippen LogP contribution in [-0.2, 0) is 20.7 Å². The highest BCUT2D eigenvalue weighted by atomic mass is 16.5. The van der Waals surface area contributed by atoms with Crippen LogP contribution >= 0.6 is 0 Å². The van der Waals surface area contributed by atoms with Crippen LogP contribution in [-0.4, -0.2) is 48.1 Å². The number of ether oxygens (including phenoxy) is 2. The van der Waals surface area contributed by atoms with E-state index >= 15 is 0 Å². The maximum absolute atomic E-state index is 13.1. The molecule has 3 rings (SSSR count). The number of amides is 1. The lowest BCUT2D eigenvalue weighted by atomic mass is 9.94. The third-order valence-corrected chi connectivity index (χ3v) is 5.50. The second-order valence-electron chi connectivity index (χ2n) is 8.09. The highest BCUT2D eigenvalue weighted by molar-refractivity contribution is 6.46. The first-order valence-corrected chi connectivity index (χ1v) is 11.0. The van der Waals surface area contributed by atoms with Gasteiger partial charge >= 0.3 is 0 Å². The van der Waals surface area contributed by atoms with Gasteiger partial charge in [-0.3, -0.25) is 9.59 Å². The van der Waals surface area contributed by atoms with Gasteiger partial charge in [0.2, 0.25) is 0 Å². The van der Waals surface area contributed by atoms with Crippen LogP contribution in [0.15, 0.2) is 54.1 Å². The number of aliphatic hydroxyl groups excluding tert-OH is 1. The summed E-state index contributed by atoms with van der Waals surface area (Å²) in [6.45, 7) is 6.66. The van der Waals surface area contributed by atoms with Crippen molar-refractivity contribution in [2.45, 2.75) is 45.8 Å². The topological polar surface area (TPSA) is 76.1 Å². The minimum atomic E-state index is -0.743. The zero-order valence-electron chi connectivity index (χ0n) is 19.1. The largest absolute Gasteiger partial charge is 0.507 e. The van der Waals surface area contributed by atoms with E-state index in [1.165, 1.54) is 4.90 Å². The summed E-state index contributed by atoms with van der Waals surface area (Å²) in [5.41, 5.74) is 2.37. The molecule has 1 aliphatic heterocycles. The standard InChI is InChI=1S/C26H31NO5/c1-5-18-11-13-19(14-12-18)24(28)22-23(20-9-6-7-10-21(20)32-17(2)3)27(15-8-16-31-4)26(30)25(22)29/h6-7,9-14,17,23,28H,5,8,15-16H2,1-4H3/b24-22-. The Morgan fingerprint density at radius 3 is 2.41 bits per heavy atom. The summed E-state index contributed by atoms with van der Waals surface area (Å²) in [7, 11) is 1.59. The van der Waals surface area contributed by atoms with Crippen LogP contribution in [0, 0.1) is 0 Å². The van der Waals surface area contributed by atoms with Crippen molar-refractivity contribution in [3.8, 4) is 5.75 Å². The van der Waals surface area contributed by atoms with Crippen LogP contribution in [0.4, 0.5) is 0 Å². The number of carbonyl (C=O) groups excluding carboxylic acids is 2. The van der Waals surface area contributed by atoms with Crippen molar-refractivity contribution < 1.29 is 24.2 Å². The van der Waals surface area contributed by atoms with Crippen molar-refractivity contribution in [1.29, 1.82) is 0 Å². The smallest absolute Gasteiger partial charge is 0.295 e. The average Bonchev–Trinajstić information content (AvgIpc) is 3.03. The van der Waals surface area contributed by atoms with Gasteiger partial charge in [-0.15, -0.1) is 0 Å². The summed E-state index contributed by atoms with van der Waals surface area (Å²) in [4.78, 5) is 27.6. The summed E-state index contributed by atoms with van der Waals surface area (Å²) in [5, 5.41) is 11.2. The Morgan fingerprint density at radius 1 is 1.09 bits per heavy atom. The van der Waals surface area contributed by atoms with Crippen molar-refractivity contribution in [3.63, 3.8) is 0 Å². The highest BCUT2D eigenvalue weighted by Crippen LogP contribution is 2.42. The number of carbonyl (C=O) groups is 2. The molecule has 1 unspecified atom stereocenters. The minimum Gasteiger partial charge on any atom is -0.507 e. The number of nitrogens with zero attached hydrogens (tertiary/aromatic N) is 1. The van der Waals surface area contributed by atoms with Crippen LogP contribution in [0.5, 0.6) is 5.75 Å². The lowest BCUT2D eigenvalue weighted by Gasteiger charge is -2.27. The Morgan fingerprint density at radius 2 is 1.78 bits per heavy atom. The van der Waals surface area contributed by atoms with Crippen molar-refractivity contribution in [3.05, 3.63) is 70.8 Å². The first kappa shape index (κ1) is 23.5. The number of hydrogen-bond donors (Lipinski definition) is 1. The van der Waals surface area contributed by atoms with Gasteiger partial charge in [-0.2, -0.15) is 0 Å². The van der Waals surface area contributed by atoms with Crippen molar-refractivity contribution in [2.24, 2.45) is 0 Å². The molecule has 0 saturated carbocycles. The van der Waals surface area contributed by atoms with Gasteiger partial charge in [0.25, 0.3) is 11.7 Å². The molecular weight excluding hydrogens is 406 g/mol. The van der Waals surface area contributed by atoms with E-state index in [-0.39, 0.29) is 17.4 Å². The maximum Gasteiger partial charge on any atom is 0.295 e. The number of ketones is 1. The van der Waals surface area contributed by atoms with Crippen LogP contribution < -0.4 is 4.74 Å². The zero-order valence-corrected chi connectivity index (χ0v) is 19.1. The third-order valence-electron chi connectivity index (χ3n) is 5.50. The molecule has 1 heterocycles. The van der Waals surface area contributed by atoms with E-state index in [1.54, 1.807) is 19.2 Å². The van der Waals surface area contributed by atoms with E-state index in [0.29, 0.717) is 36.4 Å². The number of aryl methyl sites for hydroxylation is 1. The van der Waals surface area contributed by atoms with Gasteiger partial charge in [0.15, 0.2) is 0 Å². The molecular formula is C26H31NO5. The molecule has 170 valence electrons. The molecule has 6 heteroatoms. The van der Waals surface area contributed by atoms with E-state index in [9.17, 15) is 14.7 Å². The molecule has 1 N–H and O–H groups in total. The summed E-state index contributed by atoms with van der Waals surface area (Å²) in [6, 6.07) is 14.0. The molecule has 0 spiro atoms. The van der Waals surface area contributed by atoms with Crippen molar-refractivity contribution in [1.82, 2.24) is 4.90 Å². The number of likely N-dealkylation sites (tertiary alicyclic amines) is 1. The van der Waals surface area contributed by atoms with Crippen LogP contribution in [0.25, 0.3) is 5.76 Å². The third kappa shape index (κ3) is 4.86. The molecule has 1 amide bonds. The first-order chi connectivity index (χ1) is 15.4. The summed E-state index contributed by atoms with van der Waals surface area (Å²) in [5.74, 6) is -0.913. The minimum absolute atomic E-state index is 0.0801. The molecule has 2 aromatic rings. The SMILES string of the molecule is CCc1ccc(/C(O)=C2/C(=O)C(=O)N(CCCOC)C2c2ccccc2OC(C)C)cc1. The normalized spacial score (nSPS) is 17.9. The predicted octanol–water partition coefficient (Wildman–Crippen LogP) is 4.49. The van der Waals surface area contributed by atoms with Gasteiger partial charge in [-0.05, 0) is 38.3 Å². The van der Waals surface area contributed by atoms with E-state index in [2.05, 4.69) is 0 Å². The van der Waals surface area contributed by atoms with Crippen molar-refractivity contribution in [2.75, 3.05) is 20.3 Å². The van der Waals surface area contributed by atoms with Crippen LogP contribution in [0.3, 0.4) is 0 Å². The van der Waals surface area contributed by atoms with Gasteiger partial charge in [-0.1, -0.05) is 49.4 Å². The molecule has 6 nitrogen and oxygen atoms in total. The van der Waals surface area contributed by atoms with E-state index in [1.807, 2.05) is 57.2 Å². The van der Waals surface area contributed by atoms with Gasteiger partial charge in [0, 0.05) is 31.4 Å². The maximum atomic E-state index is 13.1. The average molecular weight is 438 g/mol. The Labute approximate surface area is 189 Å². The number of methoxy groups -OCH3 is 1. The Kier molecular flexibility index (Phi) is 7.70. The number of hydrogen-bond acceptors (Lipinski definition) is 5. The summed E-state index contributed by atoms with van der Waals surface area (Å²) >= 11 is 0. The molecule has 1 atom stereocenters. The van der Waals surface area contributed by atoms with Gasteiger partial charge in [0.05, 0.1) is 17.7 Å². The van der Waals surface area contributed by atoms with Crippen molar-refractivity contribution >= 4 is 17.4 Å². The summed E-state index contributed by atoms with van der Waals surface area (Å²) in [6.07, 6.45) is 1.34. The number of para-hydroxylation sites is 1. The Hall–Kier alpha value is -3.12. The fourth-order valence-electron chi connectivity index (χ4n) is 3.93. The molecule has 0 bridgehead atoms. The fraction of sp³-hybridized carbons (Fsp3) is 0.385. The molecule has 1 aliphatic rings. The highest BCUT2D eigenvalue weighted by Gasteiger charge is 2.46. The molecule has 2 aromatic carbocycles. The summed E-state index contributed by atoms with van der Waals surface area (Å²) < 4.78 is 11.1.